The number of methoxy groups -OCH3 is 1. The van der Waals surface area contributed by atoms with Crippen molar-refractivity contribution in [1.29, 1.82) is 0 Å². The number of aliphatic imine (C=N–C) groups is 1. The van der Waals surface area contributed by atoms with Crippen molar-refractivity contribution in [2.75, 3.05) is 20.3 Å². The zero-order chi connectivity index (χ0) is 19.6. The van der Waals surface area contributed by atoms with Crippen LogP contribution in [-0.4, -0.2) is 36.4 Å². The van der Waals surface area contributed by atoms with Crippen molar-refractivity contribution < 1.29 is 19.0 Å². The van der Waals surface area contributed by atoms with Gasteiger partial charge in [0.05, 0.1) is 42.1 Å². The van der Waals surface area contributed by atoms with E-state index in [4.69, 9.17) is 14.2 Å². The molecule has 0 fully saturated rings. The van der Waals surface area contributed by atoms with Crippen LogP contribution in [0.1, 0.15) is 32.4 Å². The number of amidine groups is 1. The van der Waals surface area contributed by atoms with Crippen LogP contribution in [0.2, 0.25) is 0 Å². The number of nitrogens with zero attached hydrogens (tertiary/aromatic N) is 2. The zero-order valence-corrected chi connectivity index (χ0v) is 18.0. The van der Waals surface area contributed by atoms with Crippen LogP contribution >= 0.6 is 27.7 Å². The van der Waals surface area contributed by atoms with Crippen LogP contribution in [0.15, 0.2) is 44.5 Å². The summed E-state index contributed by atoms with van der Waals surface area (Å²) >= 11 is 5.10. The summed E-state index contributed by atoms with van der Waals surface area (Å²) in [5.41, 5.74) is 2.06. The Morgan fingerprint density at radius 2 is 2.11 bits per heavy atom. The number of ether oxygens (including phenoxy) is 3. The predicted octanol–water partition coefficient (Wildman–Crippen LogP) is 4.62. The van der Waals surface area contributed by atoms with Gasteiger partial charge in [-0.15, -0.1) is 0 Å². The monoisotopic (exact) mass is 452 g/mol. The smallest absolute Gasteiger partial charge is 0.338 e. The van der Waals surface area contributed by atoms with E-state index in [-0.39, 0.29) is 12.0 Å². The number of thioether (sulfide) groups is 1. The van der Waals surface area contributed by atoms with E-state index in [9.17, 15) is 4.79 Å². The van der Waals surface area contributed by atoms with Crippen molar-refractivity contribution in [1.82, 2.24) is 4.90 Å². The molecule has 27 heavy (non-hydrogen) atoms. The summed E-state index contributed by atoms with van der Waals surface area (Å²) in [7, 11) is 1.60. The first kappa shape index (κ1) is 19.8. The molecule has 1 unspecified atom stereocenters. The fourth-order valence-corrected chi connectivity index (χ4v) is 4.45. The van der Waals surface area contributed by atoms with Gasteiger partial charge in [-0.25, -0.2) is 9.79 Å². The van der Waals surface area contributed by atoms with Gasteiger partial charge in [-0.3, -0.25) is 0 Å². The molecule has 1 aromatic carbocycles. The summed E-state index contributed by atoms with van der Waals surface area (Å²) in [4.78, 5) is 19.3. The van der Waals surface area contributed by atoms with Crippen LogP contribution < -0.4 is 9.47 Å². The molecule has 2 aliphatic heterocycles. The molecular weight excluding hydrogens is 432 g/mol. The number of rotatable bonds is 6. The second kappa shape index (κ2) is 8.39. The normalized spacial score (nSPS) is 18.3. The van der Waals surface area contributed by atoms with Crippen LogP contribution in [-0.2, 0) is 9.53 Å². The summed E-state index contributed by atoms with van der Waals surface area (Å²) < 4.78 is 17.3. The quantitative estimate of drug-likeness (QED) is 0.586. The number of halogens is 1. The predicted molar refractivity (Wildman–Crippen MR) is 110 cm³/mol. The molecule has 0 spiro atoms. The van der Waals surface area contributed by atoms with E-state index >= 15 is 0 Å². The molecule has 0 saturated carbocycles. The number of hydrogen-bond acceptors (Lipinski definition) is 7. The van der Waals surface area contributed by atoms with Crippen molar-refractivity contribution in [2.45, 2.75) is 26.8 Å². The molecule has 2 aliphatic rings. The molecule has 3 rings (SSSR count). The Morgan fingerprint density at radius 1 is 1.33 bits per heavy atom. The number of allylic oxidation sites excluding steroid dienone is 1. The van der Waals surface area contributed by atoms with Gasteiger partial charge >= 0.3 is 5.97 Å². The zero-order valence-electron chi connectivity index (χ0n) is 15.6. The highest BCUT2D eigenvalue weighted by molar-refractivity contribution is 9.10. The standard InChI is InChI=1S/C19H21BrN2O4S/c1-5-25-17-13(20)9-12(10-14(17)24-4)16-15(18(23)26-6-2)11(3)21-19-22(16)7-8-27-19/h7-10,16H,5-6H2,1-4H3. The highest BCUT2D eigenvalue weighted by atomic mass is 79.9. The highest BCUT2D eigenvalue weighted by Crippen LogP contribution is 2.45. The van der Waals surface area contributed by atoms with E-state index in [1.54, 1.807) is 14.0 Å². The van der Waals surface area contributed by atoms with Crippen molar-refractivity contribution >= 4 is 38.8 Å². The number of carbonyl (C=O) groups is 1. The average molecular weight is 453 g/mol. The first-order valence-electron chi connectivity index (χ1n) is 8.60. The SMILES string of the molecule is CCOC(=O)C1=C(C)N=C2SC=CN2C1c1cc(Br)c(OCC)c(OC)c1. The third kappa shape index (κ3) is 3.73. The lowest BCUT2D eigenvalue weighted by atomic mass is 9.94. The van der Waals surface area contributed by atoms with Crippen LogP contribution in [0.4, 0.5) is 0 Å². The summed E-state index contributed by atoms with van der Waals surface area (Å²) in [6.07, 6.45) is 1.93. The second-order valence-corrected chi connectivity index (χ2v) is 7.52. The van der Waals surface area contributed by atoms with E-state index in [0.717, 1.165) is 15.2 Å². The van der Waals surface area contributed by atoms with E-state index in [1.165, 1.54) is 11.8 Å². The summed E-state index contributed by atoms with van der Waals surface area (Å²) in [6, 6.07) is 3.49. The molecule has 0 aliphatic carbocycles. The minimum Gasteiger partial charge on any atom is -0.493 e. The molecule has 8 heteroatoms. The molecule has 1 aromatic rings. The Hall–Kier alpha value is -1.93. The maximum absolute atomic E-state index is 12.7. The van der Waals surface area contributed by atoms with Gasteiger partial charge in [0, 0.05) is 6.20 Å². The Morgan fingerprint density at radius 3 is 2.78 bits per heavy atom. The first-order valence-corrected chi connectivity index (χ1v) is 10.3. The number of fused-ring (bicyclic) bond motifs is 1. The first-order chi connectivity index (χ1) is 13.0. The lowest BCUT2D eigenvalue weighted by Gasteiger charge is -2.33. The molecule has 0 bridgehead atoms. The van der Waals surface area contributed by atoms with Gasteiger partial charge in [0.25, 0.3) is 0 Å². The van der Waals surface area contributed by atoms with E-state index in [1.807, 2.05) is 42.5 Å². The van der Waals surface area contributed by atoms with Crippen LogP contribution in [0.25, 0.3) is 0 Å². The minimum absolute atomic E-state index is 0.305. The molecule has 0 radical (unpaired) electrons. The molecular formula is C19H21BrN2O4S. The molecule has 6 nitrogen and oxygen atoms in total. The largest absolute Gasteiger partial charge is 0.493 e. The molecule has 0 aromatic heterocycles. The fourth-order valence-electron chi connectivity index (χ4n) is 3.08. The maximum atomic E-state index is 12.7. The van der Waals surface area contributed by atoms with Crippen molar-refractivity contribution in [3.05, 3.63) is 45.0 Å². The molecule has 0 N–H and O–H groups in total. The van der Waals surface area contributed by atoms with Crippen LogP contribution in [0, 0.1) is 0 Å². The Bertz CT molecular complexity index is 850. The fraction of sp³-hybridized carbons (Fsp3) is 0.368. The molecule has 1 atom stereocenters. The summed E-state index contributed by atoms with van der Waals surface area (Å²) in [6.45, 7) is 6.37. The topological polar surface area (TPSA) is 60.4 Å². The van der Waals surface area contributed by atoms with Crippen LogP contribution in [0.5, 0.6) is 11.5 Å². The number of benzene rings is 1. The number of carbonyl (C=O) groups excluding carboxylic acids is 1. The molecule has 0 amide bonds. The van der Waals surface area contributed by atoms with Gasteiger partial charge in [0.1, 0.15) is 0 Å². The maximum Gasteiger partial charge on any atom is 0.338 e. The molecule has 144 valence electrons. The average Bonchev–Trinajstić information content (AvgIpc) is 3.10. The van der Waals surface area contributed by atoms with E-state index < -0.39 is 0 Å². The molecule has 2 heterocycles. The Kier molecular flexibility index (Phi) is 6.16. The lowest BCUT2D eigenvalue weighted by molar-refractivity contribution is -0.139. The summed E-state index contributed by atoms with van der Waals surface area (Å²) in [5, 5.41) is 2.78. The Balaban J connectivity index is 2.14. The van der Waals surface area contributed by atoms with Crippen molar-refractivity contribution in [3.8, 4) is 11.5 Å². The van der Waals surface area contributed by atoms with Crippen molar-refractivity contribution in [3.63, 3.8) is 0 Å². The number of hydrogen-bond donors (Lipinski definition) is 0. The second-order valence-electron chi connectivity index (χ2n) is 5.79. The summed E-state index contributed by atoms with van der Waals surface area (Å²) in [5.74, 6) is 0.872. The van der Waals surface area contributed by atoms with Crippen molar-refractivity contribution in [2.24, 2.45) is 4.99 Å². The van der Waals surface area contributed by atoms with Gasteiger partial charge < -0.3 is 19.1 Å². The lowest BCUT2D eigenvalue weighted by Crippen LogP contribution is -2.34. The minimum atomic E-state index is -0.364. The van der Waals surface area contributed by atoms with Gasteiger partial charge in [0.15, 0.2) is 16.7 Å². The molecule has 0 saturated heterocycles. The van der Waals surface area contributed by atoms with Gasteiger partial charge in [-0.1, -0.05) is 11.8 Å². The highest BCUT2D eigenvalue weighted by Gasteiger charge is 2.38. The van der Waals surface area contributed by atoms with Crippen LogP contribution in [0.3, 0.4) is 0 Å². The van der Waals surface area contributed by atoms with Gasteiger partial charge in [-0.2, -0.15) is 0 Å². The van der Waals surface area contributed by atoms with E-state index in [0.29, 0.717) is 36.0 Å². The third-order valence-corrected chi connectivity index (χ3v) is 5.53. The van der Waals surface area contributed by atoms with Gasteiger partial charge in [-0.05, 0) is 59.8 Å². The number of esters is 1. The Labute approximate surface area is 171 Å². The van der Waals surface area contributed by atoms with Gasteiger partial charge in [0.2, 0.25) is 0 Å². The van der Waals surface area contributed by atoms with E-state index in [2.05, 4.69) is 20.9 Å². The third-order valence-electron chi connectivity index (χ3n) is 4.17.